The number of benzene rings is 1. The molecule has 3 atom stereocenters. The molecule has 174 valence electrons. The van der Waals surface area contributed by atoms with Crippen molar-refractivity contribution in [3.05, 3.63) is 63.1 Å². The van der Waals surface area contributed by atoms with Gasteiger partial charge in [-0.15, -0.1) is 12.6 Å². The molecule has 2 aliphatic heterocycles. The second kappa shape index (κ2) is 6.71. The van der Waals surface area contributed by atoms with Gasteiger partial charge < -0.3 is 19.8 Å². The minimum absolute atomic E-state index is 0.120. The average molecular weight is 489 g/mol. The Hall–Kier alpha value is -2.16. The highest BCUT2D eigenvalue weighted by atomic mass is 32.1. The van der Waals surface area contributed by atoms with E-state index in [4.69, 9.17) is 9.26 Å². The summed E-state index contributed by atoms with van der Waals surface area (Å²) in [5.41, 5.74) is 0.511. The van der Waals surface area contributed by atoms with Gasteiger partial charge in [0.15, 0.2) is 17.6 Å². The number of allylic oxidation sites excluding steroid dienone is 3. The number of carbonyl (C=O) groups is 2. The van der Waals surface area contributed by atoms with Gasteiger partial charge in [0.25, 0.3) is 5.91 Å². The Kier molecular flexibility index (Phi) is 4.60. The number of phosphoric acid groups is 1. The molecule has 0 radical (unpaired) electrons. The van der Waals surface area contributed by atoms with E-state index in [0.717, 1.165) is 16.7 Å². The SMILES string of the molecule is CC1=CC=C2C(C)(C)C(=O)C(S)=CC23Oc2c(ccc4c2C(OP(=O)(O)O)NC4=O)CC13C. The fourth-order valence-corrected chi connectivity index (χ4v) is 6.47. The standard InChI is InChI=1S/C23H24NO7PS/c1-11-5-8-15-21(2,3)18(25)14(33)10-23(15)22(11,4)9-12-6-7-13-16(17(12)30-23)20(24-19(13)26)31-32(27,28)29/h5-8,10,20,33H,9H2,1-4H3,(H,24,26)(H2,27,28,29). The normalized spacial score (nSPS) is 31.7. The molecule has 1 spiro atoms. The molecule has 33 heavy (non-hydrogen) atoms. The summed E-state index contributed by atoms with van der Waals surface area (Å²) in [7, 11) is -4.91. The fraction of sp³-hybridized carbons (Fsp3) is 0.391. The first kappa shape index (κ1) is 22.6. The highest BCUT2D eigenvalue weighted by Crippen LogP contribution is 2.62. The van der Waals surface area contributed by atoms with E-state index in [1.54, 1.807) is 18.2 Å². The molecule has 8 nitrogen and oxygen atoms in total. The Morgan fingerprint density at radius 1 is 1.21 bits per heavy atom. The second-order valence-electron chi connectivity index (χ2n) is 9.72. The van der Waals surface area contributed by atoms with E-state index in [2.05, 4.69) is 24.9 Å². The molecule has 1 amide bonds. The Labute approximate surface area is 196 Å². The Bertz CT molecular complexity index is 1290. The Balaban J connectivity index is 1.78. The molecule has 1 aromatic carbocycles. The predicted octanol–water partition coefficient (Wildman–Crippen LogP) is 3.53. The van der Waals surface area contributed by atoms with E-state index in [-0.39, 0.29) is 21.8 Å². The summed E-state index contributed by atoms with van der Waals surface area (Å²) >= 11 is 4.50. The summed E-state index contributed by atoms with van der Waals surface area (Å²) in [6, 6.07) is 3.41. The van der Waals surface area contributed by atoms with Gasteiger partial charge in [-0.1, -0.05) is 30.7 Å². The molecule has 2 heterocycles. The summed E-state index contributed by atoms with van der Waals surface area (Å²) in [4.78, 5) is 44.6. The zero-order valence-corrected chi connectivity index (χ0v) is 20.3. The average Bonchev–Trinajstić information content (AvgIpc) is 3.00. The van der Waals surface area contributed by atoms with Crippen molar-refractivity contribution in [3.8, 4) is 5.75 Å². The number of nitrogens with one attached hydrogen (secondary N) is 1. The van der Waals surface area contributed by atoms with Crippen molar-refractivity contribution in [2.24, 2.45) is 10.8 Å². The van der Waals surface area contributed by atoms with Crippen LogP contribution in [0.25, 0.3) is 0 Å². The van der Waals surface area contributed by atoms with Gasteiger partial charge >= 0.3 is 7.82 Å². The van der Waals surface area contributed by atoms with Gasteiger partial charge in [0.05, 0.1) is 16.5 Å². The van der Waals surface area contributed by atoms with Crippen molar-refractivity contribution in [2.45, 2.75) is 45.9 Å². The van der Waals surface area contributed by atoms with Gasteiger partial charge in [0.1, 0.15) is 5.75 Å². The van der Waals surface area contributed by atoms with Crippen LogP contribution in [0.1, 0.15) is 55.4 Å². The third-order valence-electron chi connectivity index (χ3n) is 7.50. The maximum atomic E-state index is 13.0. The maximum absolute atomic E-state index is 13.0. The molecular formula is C23H24NO7PS. The molecule has 10 heteroatoms. The van der Waals surface area contributed by atoms with Crippen LogP contribution in [0, 0.1) is 10.8 Å². The van der Waals surface area contributed by atoms with Crippen molar-refractivity contribution < 1.29 is 33.2 Å². The number of phosphoric ester groups is 1. The van der Waals surface area contributed by atoms with Crippen molar-refractivity contribution in [3.63, 3.8) is 0 Å². The van der Waals surface area contributed by atoms with Crippen molar-refractivity contribution in [1.82, 2.24) is 5.32 Å². The topological polar surface area (TPSA) is 122 Å². The first-order valence-corrected chi connectivity index (χ1v) is 12.5. The van der Waals surface area contributed by atoms with E-state index >= 15 is 0 Å². The molecule has 1 aromatic rings. The minimum atomic E-state index is -4.91. The largest absolute Gasteiger partial charge is 0.477 e. The Morgan fingerprint density at radius 2 is 1.91 bits per heavy atom. The summed E-state index contributed by atoms with van der Waals surface area (Å²) in [5.74, 6) is -0.309. The summed E-state index contributed by atoms with van der Waals surface area (Å²) in [5, 5.41) is 2.47. The van der Waals surface area contributed by atoms with Crippen LogP contribution < -0.4 is 10.1 Å². The maximum Gasteiger partial charge on any atom is 0.471 e. The lowest BCUT2D eigenvalue weighted by Gasteiger charge is -2.58. The van der Waals surface area contributed by atoms with Crippen LogP contribution in [0.2, 0.25) is 0 Å². The Morgan fingerprint density at radius 3 is 2.58 bits per heavy atom. The van der Waals surface area contributed by atoms with Gasteiger partial charge in [-0.25, -0.2) is 4.57 Å². The number of hydrogen-bond donors (Lipinski definition) is 4. The lowest BCUT2D eigenvalue weighted by atomic mass is 9.52. The van der Waals surface area contributed by atoms with Crippen LogP contribution in [0.5, 0.6) is 5.75 Å². The molecule has 0 saturated heterocycles. The molecule has 0 fully saturated rings. The number of amides is 1. The third-order valence-corrected chi connectivity index (χ3v) is 8.32. The van der Waals surface area contributed by atoms with Crippen molar-refractivity contribution in [1.29, 1.82) is 0 Å². The van der Waals surface area contributed by atoms with Gasteiger partial charge in [0, 0.05) is 10.3 Å². The number of rotatable bonds is 2. The molecule has 4 aliphatic rings. The number of carbonyl (C=O) groups excluding carboxylic acids is 2. The number of hydrogen-bond acceptors (Lipinski definition) is 6. The number of ether oxygens (including phenoxy) is 1. The van der Waals surface area contributed by atoms with Gasteiger partial charge in [-0.3, -0.25) is 14.1 Å². The molecule has 2 aliphatic carbocycles. The highest BCUT2D eigenvalue weighted by Gasteiger charge is 2.63. The predicted molar refractivity (Wildman–Crippen MR) is 123 cm³/mol. The second-order valence-corrected chi connectivity index (χ2v) is 11.4. The fourth-order valence-electron chi connectivity index (χ4n) is 5.57. The zero-order valence-electron chi connectivity index (χ0n) is 18.5. The summed E-state index contributed by atoms with van der Waals surface area (Å²) in [6.07, 6.45) is 4.79. The van der Waals surface area contributed by atoms with Crippen LogP contribution in [0.4, 0.5) is 0 Å². The van der Waals surface area contributed by atoms with Gasteiger partial charge in [-0.2, -0.15) is 0 Å². The van der Waals surface area contributed by atoms with E-state index in [1.807, 2.05) is 32.9 Å². The zero-order chi connectivity index (χ0) is 24.1. The quantitative estimate of drug-likeness (QED) is 0.370. The number of thiol groups is 1. The van der Waals surface area contributed by atoms with Crippen LogP contribution >= 0.6 is 20.5 Å². The molecule has 5 rings (SSSR count). The highest BCUT2D eigenvalue weighted by molar-refractivity contribution is 7.85. The first-order chi connectivity index (χ1) is 15.2. The smallest absolute Gasteiger partial charge is 0.471 e. The van der Waals surface area contributed by atoms with E-state index in [9.17, 15) is 23.9 Å². The van der Waals surface area contributed by atoms with Crippen molar-refractivity contribution >= 4 is 32.1 Å². The lowest BCUT2D eigenvalue weighted by molar-refractivity contribution is -0.124. The molecule has 0 saturated carbocycles. The number of ketones is 1. The van der Waals surface area contributed by atoms with Crippen LogP contribution in [-0.4, -0.2) is 27.1 Å². The minimum Gasteiger partial charge on any atom is -0.477 e. The third kappa shape index (κ3) is 2.93. The van der Waals surface area contributed by atoms with Gasteiger partial charge in [-0.05, 0) is 50.5 Å². The molecule has 0 aromatic heterocycles. The van der Waals surface area contributed by atoms with E-state index in [0.29, 0.717) is 12.2 Å². The number of fused-ring (bicyclic) bond motifs is 3. The number of Topliss-reactive ketones (excluding diaryl/α,β-unsaturated/α-hetero) is 1. The van der Waals surface area contributed by atoms with Gasteiger partial charge in [0.2, 0.25) is 0 Å². The molecule has 3 N–H and O–H groups in total. The lowest BCUT2D eigenvalue weighted by Crippen LogP contribution is -2.61. The first-order valence-electron chi connectivity index (χ1n) is 10.5. The van der Waals surface area contributed by atoms with Crippen molar-refractivity contribution in [2.75, 3.05) is 0 Å². The molecule has 3 unspecified atom stereocenters. The molecule has 0 bridgehead atoms. The van der Waals surface area contributed by atoms with E-state index in [1.165, 1.54) is 0 Å². The van der Waals surface area contributed by atoms with E-state index < -0.39 is 36.4 Å². The van der Waals surface area contributed by atoms with Crippen LogP contribution in [-0.2, 0) is 20.3 Å². The van der Waals surface area contributed by atoms with Crippen LogP contribution in [0.3, 0.4) is 0 Å². The summed E-state index contributed by atoms with van der Waals surface area (Å²) in [6.45, 7) is 7.75. The van der Waals surface area contributed by atoms with Crippen LogP contribution in [0.15, 0.2) is 46.4 Å². The monoisotopic (exact) mass is 489 g/mol. The molecular weight excluding hydrogens is 465 g/mol. The summed E-state index contributed by atoms with van der Waals surface area (Å²) < 4.78 is 23.3.